The van der Waals surface area contributed by atoms with Crippen LogP contribution in [0.15, 0.2) is 48.5 Å². The summed E-state index contributed by atoms with van der Waals surface area (Å²) < 4.78 is 5.19. The number of aliphatic carboxylic acids is 1. The van der Waals surface area contributed by atoms with Crippen molar-refractivity contribution < 1.29 is 19.4 Å². The number of halogens is 1. The van der Waals surface area contributed by atoms with Crippen molar-refractivity contribution in [3.63, 3.8) is 0 Å². The van der Waals surface area contributed by atoms with Gasteiger partial charge in [-0.3, -0.25) is 9.59 Å². The molecule has 1 aliphatic rings. The number of nitrogens with zero attached hydrogens (tertiary/aromatic N) is 1. The van der Waals surface area contributed by atoms with Gasteiger partial charge in [0.2, 0.25) is 0 Å². The molecule has 1 N–H and O–H groups in total. The normalized spacial score (nSPS) is 19.2. The molecule has 6 heteroatoms. The van der Waals surface area contributed by atoms with Crippen molar-refractivity contribution in [1.82, 2.24) is 4.90 Å². The molecule has 0 spiro atoms. The molecule has 0 unspecified atom stereocenters. The van der Waals surface area contributed by atoms with E-state index >= 15 is 0 Å². The van der Waals surface area contributed by atoms with E-state index in [2.05, 4.69) is 0 Å². The summed E-state index contributed by atoms with van der Waals surface area (Å²) in [7, 11) is 1.57. The first-order valence-corrected chi connectivity index (χ1v) is 8.94. The predicted molar refractivity (Wildman–Crippen MR) is 98.9 cm³/mol. The number of carboxylic acid groups (broad SMARTS) is 1. The Hall–Kier alpha value is -2.53. The zero-order valence-corrected chi connectivity index (χ0v) is 15.1. The Bertz CT molecular complexity index is 806. The lowest BCUT2D eigenvalue weighted by Gasteiger charge is -2.41. The van der Waals surface area contributed by atoms with Crippen molar-refractivity contribution in [2.45, 2.75) is 18.4 Å². The second-order valence-corrected chi connectivity index (χ2v) is 6.54. The van der Waals surface area contributed by atoms with Gasteiger partial charge in [-0.15, -0.1) is 11.6 Å². The SMILES string of the molecule is COc1ccc([C@H]2[C@H](C(=O)O)c3ccccc3C(=O)N2CCCCl)cc1. The molecule has 2 atom stereocenters. The molecule has 26 heavy (non-hydrogen) atoms. The van der Waals surface area contributed by atoms with Gasteiger partial charge < -0.3 is 14.7 Å². The average Bonchev–Trinajstić information content (AvgIpc) is 2.67. The van der Waals surface area contributed by atoms with Crippen LogP contribution in [0, 0.1) is 0 Å². The first kappa shape index (κ1) is 18.3. The number of carboxylic acids is 1. The van der Waals surface area contributed by atoms with Crippen LogP contribution < -0.4 is 4.74 Å². The fourth-order valence-corrected chi connectivity index (χ4v) is 3.63. The summed E-state index contributed by atoms with van der Waals surface area (Å²) in [4.78, 5) is 26.9. The number of amides is 1. The maximum Gasteiger partial charge on any atom is 0.313 e. The number of carbonyl (C=O) groups excluding carboxylic acids is 1. The van der Waals surface area contributed by atoms with Crippen LogP contribution in [0.3, 0.4) is 0 Å². The van der Waals surface area contributed by atoms with Gasteiger partial charge >= 0.3 is 5.97 Å². The van der Waals surface area contributed by atoms with Gasteiger partial charge in [-0.2, -0.15) is 0 Å². The monoisotopic (exact) mass is 373 g/mol. The van der Waals surface area contributed by atoms with Gasteiger partial charge in [0, 0.05) is 18.0 Å². The quantitative estimate of drug-likeness (QED) is 0.784. The summed E-state index contributed by atoms with van der Waals surface area (Å²) in [5, 5.41) is 9.96. The van der Waals surface area contributed by atoms with E-state index in [1.54, 1.807) is 48.4 Å². The number of ether oxygens (including phenoxy) is 1. The Labute approximate surface area is 157 Å². The van der Waals surface area contributed by atoms with E-state index in [-0.39, 0.29) is 5.91 Å². The Balaban J connectivity index is 2.14. The largest absolute Gasteiger partial charge is 0.497 e. The molecular weight excluding hydrogens is 354 g/mol. The number of alkyl halides is 1. The summed E-state index contributed by atoms with van der Waals surface area (Å²) >= 11 is 5.83. The molecule has 0 radical (unpaired) electrons. The smallest absolute Gasteiger partial charge is 0.313 e. The van der Waals surface area contributed by atoms with Crippen LogP contribution in [0.4, 0.5) is 0 Å². The maximum absolute atomic E-state index is 13.1. The number of fused-ring (bicyclic) bond motifs is 1. The summed E-state index contributed by atoms with van der Waals surface area (Å²) in [6.07, 6.45) is 0.592. The van der Waals surface area contributed by atoms with Crippen LogP contribution in [0.25, 0.3) is 0 Å². The number of carbonyl (C=O) groups is 2. The van der Waals surface area contributed by atoms with Crippen molar-refractivity contribution in [2.75, 3.05) is 19.5 Å². The number of hydrogen-bond donors (Lipinski definition) is 1. The van der Waals surface area contributed by atoms with Gasteiger partial charge in [0.25, 0.3) is 5.91 Å². The minimum Gasteiger partial charge on any atom is -0.497 e. The topological polar surface area (TPSA) is 66.8 Å². The van der Waals surface area contributed by atoms with Gasteiger partial charge in [0.05, 0.1) is 13.2 Å². The maximum atomic E-state index is 13.1. The summed E-state index contributed by atoms with van der Waals surface area (Å²) in [6.45, 7) is 0.400. The number of benzene rings is 2. The predicted octanol–water partition coefficient (Wildman–Crippen LogP) is 3.69. The molecule has 2 aromatic carbocycles. The fraction of sp³-hybridized carbons (Fsp3) is 0.300. The fourth-order valence-electron chi connectivity index (χ4n) is 3.51. The highest BCUT2D eigenvalue weighted by atomic mass is 35.5. The van der Waals surface area contributed by atoms with Gasteiger partial charge in [0.15, 0.2) is 0 Å². The van der Waals surface area contributed by atoms with E-state index in [4.69, 9.17) is 16.3 Å². The van der Waals surface area contributed by atoms with E-state index in [0.29, 0.717) is 35.7 Å². The molecule has 0 saturated carbocycles. The summed E-state index contributed by atoms with van der Waals surface area (Å²) in [6, 6.07) is 13.5. The standard InChI is InChI=1S/C20H20ClNO4/c1-26-14-9-7-13(8-10-14)18-17(20(24)25)15-5-2-3-6-16(15)19(23)22(18)12-4-11-21/h2-3,5-10,17-18H,4,11-12H2,1H3,(H,24,25)/t17-,18+/m1/s1. The number of hydrogen-bond acceptors (Lipinski definition) is 3. The molecule has 5 nitrogen and oxygen atoms in total. The number of rotatable bonds is 6. The lowest BCUT2D eigenvalue weighted by atomic mass is 9.79. The lowest BCUT2D eigenvalue weighted by molar-refractivity contribution is -0.140. The Morgan fingerprint density at radius 1 is 1.19 bits per heavy atom. The zero-order valence-electron chi connectivity index (χ0n) is 14.4. The van der Waals surface area contributed by atoms with Crippen molar-refractivity contribution in [2.24, 2.45) is 0 Å². The molecule has 2 aromatic rings. The highest BCUT2D eigenvalue weighted by molar-refractivity contribution is 6.17. The third-order valence-electron chi connectivity index (χ3n) is 4.69. The van der Waals surface area contributed by atoms with Crippen LogP contribution in [-0.2, 0) is 4.79 Å². The second-order valence-electron chi connectivity index (χ2n) is 6.16. The van der Waals surface area contributed by atoms with Crippen LogP contribution >= 0.6 is 11.6 Å². The Morgan fingerprint density at radius 2 is 1.88 bits per heavy atom. The average molecular weight is 374 g/mol. The molecule has 0 bridgehead atoms. The Kier molecular flexibility index (Phi) is 5.47. The second kappa shape index (κ2) is 7.79. The molecule has 0 fully saturated rings. The van der Waals surface area contributed by atoms with E-state index in [0.717, 1.165) is 5.56 Å². The molecule has 3 rings (SSSR count). The first-order valence-electron chi connectivity index (χ1n) is 8.41. The summed E-state index contributed by atoms with van der Waals surface area (Å²) in [5.74, 6) is -0.882. The molecule has 136 valence electrons. The van der Waals surface area contributed by atoms with Gasteiger partial charge in [-0.05, 0) is 35.7 Å². The highest BCUT2D eigenvalue weighted by Gasteiger charge is 2.43. The lowest BCUT2D eigenvalue weighted by Crippen LogP contribution is -2.45. The highest BCUT2D eigenvalue weighted by Crippen LogP contribution is 2.43. The van der Waals surface area contributed by atoms with Gasteiger partial charge in [-0.25, -0.2) is 0 Å². The molecular formula is C20H20ClNO4. The molecule has 0 aliphatic carbocycles. The number of methoxy groups -OCH3 is 1. The van der Waals surface area contributed by atoms with Crippen molar-refractivity contribution in [3.05, 3.63) is 65.2 Å². The zero-order chi connectivity index (χ0) is 18.7. The molecule has 0 saturated heterocycles. The van der Waals surface area contributed by atoms with E-state index in [1.807, 2.05) is 12.1 Å². The van der Waals surface area contributed by atoms with Gasteiger partial charge in [-0.1, -0.05) is 30.3 Å². The van der Waals surface area contributed by atoms with Crippen molar-refractivity contribution in [3.8, 4) is 5.75 Å². The van der Waals surface area contributed by atoms with Crippen LogP contribution in [0.1, 0.15) is 39.9 Å². The van der Waals surface area contributed by atoms with Crippen LogP contribution in [-0.4, -0.2) is 41.4 Å². The van der Waals surface area contributed by atoms with E-state index in [9.17, 15) is 14.7 Å². The molecule has 0 aromatic heterocycles. The third kappa shape index (κ3) is 3.27. The van der Waals surface area contributed by atoms with E-state index in [1.165, 1.54) is 0 Å². The van der Waals surface area contributed by atoms with Crippen LogP contribution in [0.2, 0.25) is 0 Å². The third-order valence-corrected chi connectivity index (χ3v) is 4.96. The minimum atomic E-state index is -0.957. The van der Waals surface area contributed by atoms with Crippen LogP contribution in [0.5, 0.6) is 5.75 Å². The van der Waals surface area contributed by atoms with Gasteiger partial charge in [0.1, 0.15) is 11.7 Å². The van der Waals surface area contributed by atoms with E-state index < -0.39 is 17.9 Å². The molecule has 1 heterocycles. The molecule has 1 aliphatic heterocycles. The summed E-state index contributed by atoms with van der Waals surface area (Å²) in [5.41, 5.74) is 1.75. The minimum absolute atomic E-state index is 0.163. The Morgan fingerprint density at radius 3 is 2.50 bits per heavy atom. The van der Waals surface area contributed by atoms with Crippen molar-refractivity contribution >= 4 is 23.5 Å². The van der Waals surface area contributed by atoms with Crippen molar-refractivity contribution in [1.29, 1.82) is 0 Å². The molecule has 1 amide bonds. The first-order chi connectivity index (χ1) is 12.6.